The fraction of sp³-hybridized carbons (Fsp3) is 0.158. The number of carbonyl (C=O) groups excluding carboxylic acids is 3. The maximum atomic E-state index is 12.3. The highest BCUT2D eigenvalue weighted by molar-refractivity contribution is 5.94. The third-order valence-corrected chi connectivity index (χ3v) is 6.71. The van der Waals surface area contributed by atoms with Gasteiger partial charge < -0.3 is 38.6 Å². The molecule has 0 aliphatic heterocycles. The molecule has 0 fully saturated rings. The molecule has 0 aliphatic carbocycles. The SMILES string of the molecule is COC(=O)c1ccc(C=Cc2ccc(O)c(C(=O)O)c2)cc1.COCOC(=O)c1cc(C=Cc2ccc(C(=O)OC)cc2)ccc1OCOC. The van der Waals surface area contributed by atoms with Gasteiger partial charge in [-0.15, -0.1) is 0 Å². The zero-order valence-electron chi connectivity index (χ0n) is 27.8. The van der Waals surface area contributed by atoms with Crippen molar-refractivity contribution in [2.24, 2.45) is 0 Å². The molecule has 0 amide bonds. The van der Waals surface area contributed by atoms with Crippen LogP contribution in [0.2, 0.25) is 0 Å². The maximum absolute atomic E-state index is 12.3. The Kier molecular flexibility index (Phi) is 14.9. The topological polar surface area (TPSA) is 164 Å². The Morgan fingerprint density at radius 3 is 1.46 bits per heavy atom. The predicted octanol–water partition coefficient (Wildman–Crippen LogP) is 6.43. The minimum absolute atomic E-state index is 0.00624. The smallest absolute Gasteiger partial charge is 0.344 e. The van der Waals surface area contributed by atoms with E-state index < -0.39 is 17.9 Å². The van der Waals surface area contributed by atoms with Gasteiger partial charge in [-0.05, 0) is 70.8 Å². The van der Waals surface area contributed by atoms with Gasteiger partial charge in [0.2, 0.25) is 0 Å². The fourth-order valence-corrected chi connectivity index (χ4v) is 4.16. The summed E-state index contributed by atoms with van der Waals surface area (Å²) in [6, 6.07) is 23.2. The second-order valence-electron chi connectivity index (χ2n) is 10.1. The molecule has 260 valence electrons. The summed E-state index contributed by atoms with van der Waals surface area (Å²) in [6.45, 7) is -0.151. The second kappa shape index (κ2) is 19.5. The molecule has 12 heteroatoms. The van der Waals surface area contributed by atoms with Crippen molar-refractivity contribution in [3.05, 3.63) is 129 Å². The average molecular weight is 685 g/mol. The summed E-state index contributed by atoms with van der Waals surface area (Å²) >= 11 is 0. The molecule has 12 nitrogen and oxygen atoms in total. The minimum atomic E-state index is -1.19. The van der Waals surface area contributed by atoms with E-state index in [1.807, 2.05) is 12.2 Å². The van der Waals surface area contributed by atoms with Gasteiger partial charge >= 0.3 is 23.9 Å². The van der Waals surface area contributed by atoms with Crippen LogP contribution in [0.4, 0.5) is 0 Å². The molecule has 0 radical (unpaired) electrons. The van der Waals surface area contributed by atoms with E-state index in [2.05, 4.69) is 9.47 Å². The van der Waals surface area contributed by atoms with Gasteiger partial charge in [0.05, 0.1) is 25.3 Å². The summed E-state index contributed by atoms with van der Waals surface area (Å²) < 4.78 is 29.4. The number of benzene rings is 4. The predicted molar refractivity (Wildman–Crippen MR) is 185 cm³/mol. The molecule has 0 aliphatic rings. The number of aromatic hydroxyl groups is 1. The molecular formula is C38H36O12. The van der Waals surface area contributed by atoms with Gasteiger partial charge in [-0.25, -0.2) is 19.2 Å². The number of phenols is 1. The van der Waals surface area contributed by atoms with E-state index in [0.29, 0.717) is 22.4 Å². The lowest BCUT2D eigenvalue weighted by Crippen LogP contribution is -2.11. The Hall–Kier alpha value is -6.24. The highest BCUT2D eigenvalue weighted by Crippen LogP contribution is 2.23. The Balaban J connectivity index is 0.000000278. The molecule has 0 spiro atoms. The normalized spacial score (nSPS) is 10.6. The van der Waals surface area contributed by atoms with E-state index in [1.54, 1.807) is 84.9 Å². The molecule has 0 saturated carbocycles. The summed E-state index contributed by atoms with van der Waals surface area (Å²) in [5.41, 5.74) is 4.19. The number of carboxylic acids is 1. The summed E-state index contributed by atoms with van der Waals surface area (Å²) in [4.78, 5) is 46.0. The van der Waals surface area contributed by atoms with Gasteiger partial charge in [0.15, 0.2) is 13.6 Å². The Morgan fingerprint density at radius 1 is 0.560 bits per heavy atom. The highest BCUT2D eigenvalue weighted by Gasteiger charge is 2.15. The summed E-state index contributed by atoms with van der Waals surface area (Å²) in [5.74, 6) is -2.46. The molecule has 50 heavy (non-hydrogen) atoms. The van der Waals surface area contributed by atoms with Gasteiger partial charge in [-0.1, -0.05) is 60.7 Å². The van der Waals surface area contributed by atoms with Crippen LogP contribution in [-0.2, 0) is 23.7 Å². The lowest BCUT2D eigenvalue weighted by Gasteiger charge is -2.11. The van der Waals surface area contributed by atoms with Crippen LogP contribution in [0.3, 0.4) is 0 Å². The molecule has 0 saturated heterocycles. The summed E-state index contributed by atoms with van der Waals surface area (Å²) in [5, 5.41) is 18.4. The number of ether oxygens (including phenoxy) is 6. The van der Waals surface area contributed by atoms with Crippen LogP contribution in [0.25, 0.3) is 24.3 Å². The summed E-state index contributed by atoms with van der Waals surface area (Å²) in [7, 11) is 5.58. The second-order valence-corrected chi connectivity index (χ2v) is 10.1. The van der Waals surface area contributed by atoms with E-state index in [-0.39, 0.29) is 36.4 Å². The van der Waals surface area contributed by atoms with Crippen LogP contribution in [0, 0.1) is 0 Å². The largest absolute Gasteiger partial charge is 0.507 e. The van der Waals surface area contributed by atoms with Gasteiger partial charge in [0.25, 0.3) is 0 Å². The third kappa shape index (κ3) is 11.5. The minimum Gasteiger partial charge on any atom is -0.507 e. The van der Waals surface area contributed by atoms with Crippen molar-refractivity contribution in [3.63, 3.8) is 0 Å². The van der Waals surface area contributed by atoms with E-state index in [0.717, 1.165) is 16.7 Å². The van der Waals surface area contributed by atoms with Gasteiger partial charge in [-0.2, -0.15) is 0 Å². The van der Waals surface area contributed by atoms with E-state index in [4.69, 9.17) is 24.1 Å². The number of hydrogen-bond donors (Lipinski definition) is 2. The number of aromatic carboxylic acids is 1. The zero-order valence-corrected chi connectivity index (χ0v) is 27.8. The lowest BCUT2D eigenvalue weighted by molar-refractivity contribution is -0.0133. The Bertz CT molecular complexity index is 1820. The first kappa shape index (κ1) is 38.2. The van der Waals surface area contributed by atoms with E-state index >= 15 is 0 Å². The van der Waals surface area contributed by atoms with Gasteiger partial charge in [0, 0.05) is 14.2 Å². The average Bonchev–Trinajstić information content (AvgIpc) is 3.15. The van der Waals surface area contributed by atoms with Crippen LogP contribution in [0.5, 0.6) is 11.5 Å². The van der Waals surface area contributed by atoms with Crippen molar-refractivity contribution in [3.8, 4) is 11.5 Å². The quantitative estimate of drug-likeness (QED) is 0.0687. The molecule has 4 aromatic carbocycles. The first-order chi connectivity index (χ1) is 24.1. The monoisotopic (exact) mass is 684 g/mol. The molecule has 0 aromatic heterocycles. The van der Waals surface area contributed by atoms with Crippen molar-refractivity contribution >= 4 is 48.2 Å². The first-order valence-electron chi connectivity index (χ1n) is 14.8. The molecule has 4 aromatic rings. The number of methoxy groups -OCH3 is 4. The molecule has 0 heterocycles. The number of hydrogen-bond acceptors (Lipinski definition) is 11. The van der Waals surface area contributed by atoms with E-state index in [1.165, 1.54) is 40.6 Å². The first-order valence-corrected chi connectivity index (χ1v) is 14.8. The molecule has 2 N–H and O–H groups in total. The van der Waals surface area contributed by atoms with Crippen LogP contribution in [0.1, 0.15) is 63.7 Å². The van der Waals surface area contributed by atoms with Crippen molar-refractivity contribution in [2.75, 3.05) is 42.0 Å². The third-order valence-electron chi connectivity index (χ3n) is 6.71. The van der Waals surface area contributed by atoms with Crippen LogP contribution >= 0.6 is 0 Å². The molecule has 4 rings (SSSR count). The summed E-state index contributed by atoms with van der Waals surface area (Å²) in [6.07, 6.45) is 7.19. The van der Waals surface area contributed by atoms with Crippen molar-refractivity contribution in [2.45, 2.75) is 0 Å². The van der Waals surface area contributed by atoms with Crippen molar-refractivity contribution in [1.29, 1.82) is 0 Å². The lowest BCUT2D eigenvalue weighted by atomic mass is 10.1. The number of carboxylic acid groups (broad SMARTS) is 1. The zero-order chi connectivity index (χ0) is 36.5. The maximum Gasteiger partial charge on any atom is 0.344 e. The Labute approximate surface area is 288 Å². The van der Waals surface area contributed by atoms with E-state index in [9.17, 15) is 24.3 Å². The van der Waals surface area contributed by atoms with Crippen molar-refractivity contribution < 1.29 is 57.8 Å². The number of esters is 3. The molecule has 0 atom stereocenters. The van der Waals surface area contributed by atoms with Crippen LogP contribution < -0.4 is 4.74 Å². The molecule has 0 unspecified atom stereocenters. The van der Waals surface area contributed by atoms with Crippen molar-refractivity contribution in [1.82, 2.24) is 0 Å². The molecule has 0 bridgehead atoms. The molecular weight excluding hydrogens is 648 g/mol. The fourth-order valence-electron chi connectivity index (χ4n) is 4.16. The van der Waals surface area contributed by atoms with Crippen LogP contribution in [-0.4, -0.2) is 76.1 Å². The number of rotatable bonds is 13. The van der Waals surface area contributed by atoms with Gasteiger partial charge in [-0.3, -0.25) is 0 Å². The Morgan fingerprint density at radius 2 is 1.00 bits per heavy atom. The van der Waals surface area contributed by atoms with Crippen LogP contribution in [0.15, 0.2) is 84.9 Å². The standard InChI is InChI=1S/C21H22O7.C17H14O5/c1-24-13-27-19-11-8-16(12-18(19)21(23)28-14-25-2)5-4-15-6-9-17(10-7-15)20(22)26-3;1-22-17(21)13-7-4-11(5-8-13)2-3-12-6-9-15(18)14(10-12)16(19)20/h4-12H,13-14H2,1-3H3;2-10,18H,1H3,(H,19,20). The van der Waals surface area contributed by atoms with Gasteiger partial charge in [0.1, 0.15) is 22.6 Å². The highest BCUT2D eigenvalue weighted by atomic mass is 16.7. The number of carbonyl (C=O) groups is 4.